The van der Waals surface area contributed by atoms with E-state index in [1.165, 1.54) is 12.3 Å². The van der Waals surface area contributed by atoms with Crippen molar-refractivity contribution in [3.05, 3.63) is 39.5 Å². The molecular formula is C12H10BrClF2N4. The normalized spacial score (nSPS) is 10.4. The summed E-state index contributed by atoms with van der Waals surface area (Å²) in [7, 11) is 0. The van der Waals surface area contributed by atoms with Gasteiger partial charge in [0.25, 0.3) is 0 Å². The van der Waals surface area contributed by atoms with Gasteiger partial charge in [0.05, 0.1) is 16.4 Å². The van der Waals surface area contributed by atoms with Crippen molar-refractivity contribution in [3.63, 3.8) is 0 Å². The minimum atomic E-state index is -0.745. The molecule has 0 aliphatic rings. The minimum absolute atomic E-state index is 0.0568. The third kappa shape index (κ3) is 3.34. The number of nitrogens with one attached hydrogen (secondary N) is 2. The number of anilines is 3. The smallest absolute Gasteiger partial charge is 0.224 e. The summed E-state index contributed by atoms with van der Waals surface area (Å²) in [5.41, 5.74) is 0.0568. The Morgan fingerprint density at radius 2 is 2.05 bits per heavy atom. The van der Waals surface area contributed by atoms with E-state index in [9.17, 15) is 8.78 Å². The number of hydrogen-bond donors (Lipinski definition) is 2. The second-order valence-electron chi connectivity index (χ2n) is 3.79. The molecule has 20 heavy (non-hydrogen) atoms. The van der Waals surface area contributed by atoms with Crippen molar-refractivity contribution < 1.29 is 8.78 Å². The van der Waals surface area contributed by atoms with Crippen LogP contribution in [0.4, 0.5) is 26.2 Å². The molecule has 0 unspecified atom stereocenters. The Kier molecular flexibility index (Phi) is 4.72. The zero-order valence-electron chi connectivity index (χ0n) is 10.3. The van der Waals surface area contributed by atoms with Gasteiger partial charge in [-0.05, 0) is 28.9 Å². The topological polar surface area (TPSA) is 49.8 Å². The Morgan fingerprint density at radius 1 is 1.30 bits per heavy atom. The molecule has 0 radical (unpaired) electrons. The second-order valence-corrected chi connectivity index (χ2v) is 5.05. The fourth-order valence-electron chi connectivity index (χ4n) is 1.44. The van der Waals surface area contributed by atoms with Gasteiger partial charge in [-0.3, -0.25) is 0 Å². The molecule has 0 saturated carbocycles. The highest BCUT2D eigenvalue weighted by Gasteiger charge is 2.11. The molecule has 106 valence electrons. The lowest BCUT2D eigenvalue weighted by molar-refractivity contribution is 0.581. The average Bonchev–Trinajstić information content (AvgIpc) is 2.40. The Morgan fingerprint density at radius 3 is 2.75 bits per heavy atom. The molecule has 0 fully saturated rings. The Hall–Kier alpha value is -1.47. The van der Waals surface area contributed by atoms with Gasteiger partial charge in [-0.15, -0.1) is 0 Å². The fourth-order valence-corrected chi connectivity index (χ4v) is 1.93. The molecule has 8 heteroatoms. The lowest BCUT2D eigenvalue weighted by Gasteiger charge is -2.10. The monoisotopic (exact) mass is 362 g/mol. The lowest BCUT2D eigenvalue weighted by Crippen LogP contribution is -2.05. The summed E-state index contributed by atoms with van der Waals surface area (Å²) in [6.07, 6.45) is 1.39. The van der Waals surface area contributed by atoms with E-state index >= 15 is 0 Å². The van der Waals surface area contributed by atoms with E-state index in [2.05, 4.69) is 36.5 Å². The third-order valence-electron chi connectivity index (χ3n) is 2.34. The molecule has 0 bridgehead atoms. The van der Waals surface area contributed by atoms with Gasteiger partial charge in [-0.25, -0.2) is 13.8 Å². The summed E-state index contributed by atoms with van der Waals surface area (Å²) in [5.74, 6) is -0.837. The number of rotatable bonds is 4. The molecule has 0 aliphatic heterocycles. The number of aromatic nitrogens is 2. The van der Waals surface area contributed by atoms with Gasteiger partial charge in [-0.2, -0.15) is 4.98 Å². The fraction of sp³-hybridized carbons (Fsp3) is 0.167. The van der Waals surface area contributed by atoms with Crippen LogP contribution < -0.4 is 10.6 Å². The van der Waals surface area contributed by atoms with Gasteiger partial charge < -0.3 is 10.6 Å². The Balaban J connectivity index is 2.34. The maximum atomic E-state index is 13.7. The van der Waals surface area contributed by atoms with E-state index in [1.54, 1.807) is 0 Å². The molecule has 0 amide bonds. The van der Waals surface area contributed by atoms with Gasteiger partial charge in [0, 0.05) is 12.6 Å². The first-order valence-corrected chi connectivity index (χ1v) is 6.86. The largest absolute Gasteiger partial charge is 0.354 e. The molecule has 0 aliphatic carbocycles. The van der Waals surface area contributed by atoms with Gasteiger partial charge in [-0.1, -0.05) is 11.6 Å². The quantitative estimate of drug-likeness (QED) is 0.793. The van der Waals surface area contributed by atoms with Gasteiger partial charge in [0.2, 0.25) is 5.95 Å². The molecule has 1 aromatic heterocycles. The van der Waals surface area contributed by atoms with Crippen LogP contribution >= 0.6 is 27.5 Å². The highest BCUT2D eigenvalue weighted by Crippen LogP contribution is 2.28. The van der Waals surface area contributed by atoms with Gasteiger partial charge >= 0.3 is 0 Å². The van der Waals surface area contributed by atoms with E-state index in [0.29, 0.717) is 12.5 Å². The maximum Gasteiger partial charge on any atom is 0.224 e. The van der Waals surface area contributed by atoms with Crippen LogP contribution in [0.5, 0.6) is 0 Å². The molecule has 4 nitrogen and oxygen atoms in total. The van der Waals surface area contributed by atoms with Crippen LogP contribution in [0.1, 0.15) is 6.92 Å². The van der Waals surface area contributed by atoms with E-state index in [-0.39, 0.29) is 21.0 Å². The maximum absolute atomic E-state index is 13.7. The Bertz CT molecular complexity index is 639. The van der Waals surface area contributed by atoms with Crippen molar-refractivity contribution in [3.8, 4) is 0 Å². The van der Waals surface area contributed by atoms with Crippen molar-refractivity contribution in [2.45, 2.75) is 6.92 Å². The highest BCUT2D eigenvalue weighted by molar-refractivity contribution is 9.10. The van der Waals surface area contributed by atoms with Gasteiger partial charge in [0.15, 0.2) is 5.82 Å². The summed E-state index contributed by atoms with van der Waals surface area (Å²) in [4.78, 5) is 8.08. The molecular weight excluding hydrogens is 354 g/mol. The van der Waals surface area contributed by atoms with Crippen LogP contribution in [0, 0.1) is 11.6 Å². The van der Waals surface area contributed by atoms with Crippen LogP contribution in [0.3, 0.4) is 0 Å². The standard InChI is InChI=1S/C12H10BrClF2N4/c1-2-17-12-18-5-7(14)11(20-12)19-10-3-6(13)8(15)4-9(10)16/h3-5H,2H2,1H3,(H2,17,18,19,20). The zero-order chi connectivity index (χ0) is 14.7. The molecule has 1 heterocycles. The molecule has 2 rings (SSSR count). The van der Waals surface area contributed by atoms with Crippen molar-refractivity contribution in [2.75, 3.05) is 17.2 Å². The number of benzene rings is 1. The van der Waals surface area contributed by atoms with Crippen LogP contribution in [0.25, 0.3) is 0 Å². The Labute approximate surface area is 127 Å². The van der Waals surface area contributed by atoms with E-state index in [0.717, 1.165) is 6.07 Å². The van der Waals surface area contributed by atoms with Crippen molar-refractivity contribution >= 4 is 45.0 Å². The van der Waals surface area contributed by atoms with Crippen molar-refractivity contribution in [1.82, 2.24) is 9.97 Å². The van der Waals surface area contributed by atoms with E-state index in [1.807, 2.05) is 6.92 Å². The predicted octanol–water partition coefficient (Wildman–Crippen LogP) is 4.35. The van der Waals surface area contributed by atoms with E-state index in [4.69, 9.17) is 11.6 Å². The molecule has 2 N–H and O–H groups in total. The van der Waals surface area contributed by atoms with Crippen LogP contribution in [-0.4, -0.2) is 16.5 Å². The third-order valence-corrected chi connectivity index (χ3v) is 3.23. The summed E-state index contributed by atoms with van der Waals surface area (Å²) in [5, 5.41) is 5.85. The molecule has 0 spiro atoms. The average molecular weight is 364 g/mol. The van der Waals surface area contributed by atoms with E-state index < -0.39 is 11.6 Å². The predicted molar refractivity (Wildman–Crippen MR) is 78.5 cm³/mol. The number of halogens is 4. The summed E-state index contributed by atoms with van der Waals surface area (Å²) in [6, 6.07) is 2.04. The number of nitrogens with zero attached hydrogens (tertiary/aromatic N) is 2. The molecule has 0 atom stereocenters. The van der Waals surface area contributed by atoms with Crippen molar-refractivity contribution in [2.24, 2.45) is 0 Å². The van der Waals surface area contributed by atoms with Crippen LogP contribution in [0.2, 0.25) is 5.02 Å². The SMILES string of the molecule is CCNc1ncc(Cl)c(Nc2cc(Br)c(F)cc2F)n1. The zero-order valence-corrected chi connectivity index (χ0v) is 12.7. The molecule has 2 aromatic rings. The second kappa shape index (κ2) is 6.32. The van der Waals surface area contributed by atoms with Gasteiger partial charge in [0.1, 0.15) is 16.7 Å². The van der Waals surface area contributed by atoms with Crippen LogP contribution in [-0.2, 0) is 0 Å². The van der Waals surface area contributed by atoms with Crippen LogP contribution in [0.15, 0.2) is 22.8 Å². The summed E-state index contributed by atoms with van der Waals surface area (Å²) < 4.78 is 27.0. The first-order chi connectivity index (χ1) is 9.51. The summed E-state index contributed by atoms with van der Waals surface area (Å²) >= 11 is 8.94. The minimum Gasteiger partial charge on any atom is -0.354 e. The summed E-state index contributed by atoms with van der Waals surface area (Å²) in [6.45, 7) is 2.53. The van der Waals surface area contributed by atoms with Crippen molar-refractivity contribution in [1.29, 1.82) is 0 Å². The molecule has 1 aromatic carbocycles. The highest BCUT2D eigenvalue weighted by atomic mass is 79.9. The first-order valence-electron chi connectivity index (χ1n) is 5.69. The first kappa shape index (κ1) is 14.9. The lowest BCUT2D eigenvalue weighted by atomic mass is 10.3. The molecule has 0 saturated heterocycles. The number of hydrogen-bond acceptors (Lipinski definition) is 4.